The number of aliphatic hydroxyl groups is 1. The van der Waals surface area contributed by atoms with Crippen LogP contribution in [0.4, 0.5) is 5.69 Å². The summed E-state index contributed by atoms with van der Waals surface area (Å²) in [6.45, 7) is 0. The molecule has 1 heterocycles. The Balaban J connectivity index is 1.84. The molecule has 0 fully saturated rings. The monoisotopic (exact) mass is 352 g/mol. The van der Waals surface area contributed by atoms with Crippen molar-refractivity contribution in [2.45, 2.75) is 11.1 Å². The van der Waals surface area contributed by atoms with Crippen molar-refractivity contribution in [1.82, 2.24) is 0 Å². The summed E-state index contributed by atoms with van der Waals surface area (Å²) in [4.78, 5) is 0.0200. The van der Waals surface area contributed by atoms with Crippen LogP contribution in [0.3, 0.4) is 0 Å². The van der Waals surface area contributed by atoms with Gasteiger partial charge in [0.15, 0.2) is 6.23 Å². The van der Waals surface area contributed by atoms with Gasteiger partial charge in [0.1, 0.15) is 0 Å². The molecular weight excluding hydrogens is 336 g/mol. The second-order valence-corrected chi connectivity index (χ2v) is 7.57. The van der Waals surface area contributed by atoms with Crippen LogP contribution in [0.5, 0.6) is 0 Å². The van der Waals surface area contributed by atoms with E-state index in [4.69, 9.17) is 5.14 Å². The van der Waals surface area contributed by atoms with Crippen LogP contribution in [0.2, 0.25) is 0 Å². The fourth-order valence-electron chi connectivity index (χ4n) is 3.07. The van der Waals surface area contributed by atoms with Gasteiger partial charge in [0.25, 0.3) is 0 Å². The van der Waals surface area contributed by atoms with Crippen molar-refractivity contribution in [1.29, 1.82) is 0 Å². The van der Waals surface area contributed by atoms with E-state index in [0.29, 0.717) is 16.8 Å². The number of rotatable bonds is 2. The summed E-state index contributed by atoms with van der Waals surface area (Å²) in [5.74, 6) is 0. The van der Waals surface area contributed by atoms with Crippen molar-refractivity contribution in [3.8, 4) is 0 Å². The zero-order chi connectivity index (χ0) is 17.6. The lowest BCUT2D eigenvalue weighted by Gasteiger charge is -2.07. The van der Waals surface area contributed by atoms with Gasteiger partial charge >= 0.3 is 0 Å². The minimum Gasteiger partial charge on any atom is -0.369 e. The number of aliphatic hydroxyl groups excluding tert-OH is 1. The second kappa shape index (κ2) is 5.70. The Morgan fingerprint density at radius 1 is 1.00 bits per heavy atom. The molecule has 1 atom stereocenters. The van der Waals surface area contributed by atoms with Gasteiger partial charge in [-0.2, -0.15) is 0 Å². The van der Waals surface area contributed by atoms with Crippen LogP contribution in [0.1, 0.15) is 11.1 Å². The molecule has 0 spiro atoms. The number of benzene rings is 3. The quantitative estimate of drug-likeness (QED) is 0.661. The Morgan fingerprint density at radius 3 is 2.52 bits per heavy atom. The van der Waals surface area contributed by atoms with E-state index < -0.39 is 16.3 Å². The number of anilines is 1. The molecule has 0 aliphatic carbocycles. The minimum atomic E-state index is -3.80. The van der Waals surface area contributed by atoms with Gasteiger partial charge in [-0.25, -0.2) is 13.6 Å². The summed E-state index contributed by atoms with van der Waals surface area (Å²) in [5, 5.41) is 20.7. The van der Waals surface area contributed by atoms with Gasteiger partial charge in [-0.1, -0.05) is 36.4 Å². The van der Waals surface area contributed by atoms with Crippen LogP contribution >= 0.6 is 0 Å². The zero-order valence-electron chi connectivity index (χ0n) is 13.2. The molecule has 3 aromatic rings. The first-order valence-electron chi connectivity index (χ1n) is 7.74. The Bertz CT molecular complexity index is 1120. The molecule has 0 aromatic heterocycles. The van der Waals surface area contributed by atoms with E-state index in [9.17, 15) is 13.5 Å². The minimum absolute atomic E-state index is 0.0200. The predicted molar refractivity (Wildman–Crippen MR) is 99.3 cm³/mol. The molecule has 0 bridgehead atoms. The molecule has 25 heavy (non-hydrogen) atoms. The molecule has 5 nitrogen and oxygen atoms in total. The summed E-state index contributed by atoms with van der Waals surface area (Å²) in [7, 11) is -3.80. The summed E-state index contributed by atoms with van der Waals surface area (Å²) in [5.41, 5.74) is 2.83. The third-order valence-electron chi connectivity index (χ3n) is 4.31. The molecule has 4 rings (SSSR count). The van der Waals surface area contributed by atoms with Crippen molar-refractivity contribution in [3.05, 3.63) is 71.8 Å². The van der Waals surface area contributed by atoms with E-state index in [-0.39, 0.29) is 4.90 Å². The Kier molecular flexibility index (Phi) is 3.61. The maximum absolute atomic E-state index is 11.6. The topological polar surface area (TPSA) is 92.4 Å². The molecule has 1 aliphatic rings. The van der Waals surface area contributed by atoms with E-state index in [1.54, 1.807) is 6.07 Å². The number of primary sulfonamides is 1. The predicted octanol–water partition coefficient (Wildman–Crippen LogP) is 2.77. The molecule has 0 amide bonds. The molecular formula is C19H16N2O3S. The lowest BCUT2D eigenvalue weighted by molar-refractivity contribution is 0.266. The van der Waals surface area contributed by atoms with Gasteiger partial charge in [0.2, 0.25) is 10.0 Å². The highest BCUT2D eigenvalue weighted by atomic mass is 32.2. The molecule has 0 radical (unpaired) electrons. The largest absolute Gasteiger partial charge is 0.369 e. The average Bonchev–Trinajstić information content (AvgIpc) is 2.89. The fraction of sp³-hybridized carbons (Fsp3) is 0.0526. The van der Waals surface area contributed by atoms with Gasteiger partial charge < -0.3 is 10.4 Å². The Hall–Kier alpha value is -2.67. The molecule has 1 unspecified atom stereocenters. The summed E-state index contributed by atoms with van der Waals surface area (Å²) >= 11 is 0. The SMILES string of the molecule is NS(=O)(=O)c1ccc2c(c1)C(=Cc1ccc3ccccc3c1)C(O)N2. The van der Waals surface area contributed by atoms with Gasteiger partial charge in [0, 0.05) is 16.8 Å². The highest BCUT2D eigenvalue weighted by molar-refractivity contribution is 7.89. The Labute approximate surface area is 145 Å². The van der Waals surface area contributed by atoms with E-state index in [2.05, 4.69) is 5.32 Å². The molecule has 0 saturated carbocycles. The van der Waals surface area contributed by atoms with Crippen LogP contribution in [-0.4, -0.2) is 19.8 Å². The number of hydrogen-bond acceptors (Lipinski definition) is 4. The normalized spacial score (nSPS) is 18.3. The van der Waals surface area contributed by atoms with Crippen molar-refractivity contribution >= 4 is 38.1 Å². The van der Waals surface area contributed by atoms with E-state index in [1.807, 2.05) is 48.5 Å². The second-order valence-electron chi connectivity index (χ2n) is 6.01. The van der Waals surface area contributed by atoms with Gasteiger partial charge in [-0.05, 0) is 46.7 Å². The van der Waals surface area contributed by atoms with Crippen LogP contribution in [-0.2, 0) is 10.0 Å². The number of nitrogens with one attached hydrogen (secondary N) is 1. The van der Waals surface area contributed by atoms with Crippen molar-refractivity contribution < 1.29 is 13.5 Å². The van der Waals surface area contributed by atoms with Crippen LogP contribution < -0.4 is 10.5 Å². The lowest BCUT2D eigenvalue weighted by atomic mass is 10.0. The number of nitrogens with two attached hydrogens (primary N) is 1. The maximum Gasteiger partial charge on any atom is 0.238 e. The van der Waals surface area contributed by atoms with E-state index in [1.165, 1.54) is 12.1 Å². The molecule has 1 aliphatic heterocycles. The molecule has 6 heteroatoms. The summed E-state index contributed by atoms with van der Waals surface area (Å²) < 4.78 is 23.2. The molecule has 3 aromatic carbocycles. The van der Waals surface area contributed by atoms with Crippen LogP contribution in [0.25, 0.3) is 22.4 Å². The number of hydrogen-bond donors (Lipinski definition) is 3. The average molecular weight is 352 g/mol. The third-order valence-corrected chi connectivity index (χ3v) is 5.22. The number of sulfonamides is 1. The zero-order valence-corrected chi connectivity index (χ0v) is 14.0. The number of fused-ring (bicyclic) bond motifs is 2. The first-order chi connectivity index (χ1) is 11.9. The van der Waals surface area contributed by atoms with Crippen LogP contribution in [0.15, 0.2) is 65.6 Å². The lowest BCUT2D eigenvalue weighted by Crippen LogP contribution is -2.12. The standard InChI is InChI=1S/C19H16N2O3S/c20-25(23,24)15-7-8-18-16(11-15)17(19(22)21-18)10-12-5-6-13-3-1-2-4-14(13)9-12/h1-11,19,21-22H,(H2,20,23,24). The van der Waals surface area contributed by atoms with E-state index >= 15 is 0 Å². The van der Waals surface area contributed by atoms with Gasteiger partial charge in [0.05, 0.1) is 4.90 Å². The fourth-order valence-corrected chi connectivity index (χ4v) is 3.61. The molecule has 0 saturated heterocycles. The van der Waals surface area contributed by atoms with Gasteiger partial charge in [-0.3, -0.25) is 0 Å². The van der Waals surface area contributed by atoms with Gasteiger partial charge in [-0.15, -0.1) is 0 Å². The van der Waals surface area contributed by atoms with E-state index in [0.717, 1.165) is 16.3 Å². The maximum atomic E-state index is 11.6. The smallest absolute Gasteiger partial charge is 0.238 e. The third kappa shape index (κ3) is 2.91. The highest BCUT2D eigenvalue weighted by Crippen LogP contribution is 2.37. The van der Waals surface area contributed by atoms with Crippen LogP contribution in [0, 0.1) is 0 Å². The van der Waals surface area contributed by atoms with Crippen molar-refractivity contribution in [2.24, 2.45) is 5.14 Å². The highest BCUT2D eigenvalue weighted by Gasteiger charge is 2.26. The summed E-state index contributed by atoms with van der Waals surface area (Å²) in [6.07, 6.45) is 0.945. The molecule has 126 valence electrons. The van der Waals surface area contributed by atoms with Crippen molar-refractivity contribution in [2.75, 3.05) is 5.32 Å². The Morgan fingerprint density at radius 2 is 1.76 bits per heavy atom. The summed E-state index contributed by atoms with van der Waals surface area (Å²) in [6, 6.07) is 18.5. The first kappa shape index (κ1) is 15.8. The van der Waals surface area contributed by atoms with Crippen molar-refractivity contribution in [3.63, 3.8) is 0 Å². The molecule has 4 N–H and O–H groups in total. The first-order valence-corrected chi connectivity index (χ1v) is 9.29.